The van der Waals surface area contributed by atoms with Crippen molar-refractivity contribution in [3.05, 3.63) is 107 Å². The lowest BCUT2D eigenvalue weighted by Crippen LogP contribution is -2.27. The molecule has 0 unspecified atom stereocenters. The Hall–Kier alpha value is -4.75. The third-order valence-electron chi connectivity index (χ3n) is 6.99. The molecule has 0 aliphatic heterocycles. The van der Waals surface area contributed by atoms with E-state index in [2.05, 4.69) is 10.6 Å². The van der Waals surface area contributed by atoms with Crippen molar-refractivity contribution in [3.8, 4) is 33.6 Å². The van der Waals surface area contributed by atoms with Crippen LogP contribution < -0.4 is 10.6 Å². The fraction of sp³-hybridized carbons (Fsp3) is 0.176. The van der Waals surface area contributed by atoms with E-state index in [-0.39, 0.29) is 30.2 Å². The van der Waals surface area contributed by atoms with Gasteiger partial charge in [-0.25, -0.2) is 4.39 Å². The van der Waals surface area contributed by atoms with Crippen LogP contribution in [0.15, 0.2) is 89.3 Å². The summed E-state index contributed by atoms with van der Waals surface area (Å²) >= 11 is 0. The van der Waals surface area contributed by atoms with Gasteiger partial charge < -0.3 is 20.2 Å². The van der Waals surface area contributed by atoms with E-state index in [1.165, 1.54) is 12.1 Å². The highest BCUT2D eigenvalue weighted by atomic mass is 19.1. The van der Waals surface area contributed by atoms with E-state index < -0.39 is 0 Å². The molecular formula is C34H31FN2O4. The number of aliphatic hydroxyl groups excluding tert-OH is 1. The fourth-order valence-electron chi connectivity index (χ4n) is 4.89. The minimum atomic E-state index is -0.382. The molecule has 2 amide bonds. The Labute approximate surface area is 237 Å². The number of carbonyl (C=O) groups is 2. The standard InChI is InChI=1S/C34H31FN2O4/c1-20(2)18-37-33(39)28-16-22(10-14-27(28)26-7-5-4-6-24(26)19-38)23-11-15-30-29(17-23)31(34(40)36-3)32(41-30)21-8-12-25(35)13-9-21/h4-17,20,38H,18-19H2,1-3H3,(H,36,40)(H,37,39). The Morgan fingerprint density at radius 3 is 2.24 bits per heavy atom. The first-order chi connectivity index (χ1) is 19.8. The fourth-order valence-corrected chi connectivity index (χ4v) is 4.89. The van der Waals surface area contributed by atoms with Gasteiger partial charge in [0.05, 0.1) is 12.2 Å². The number of halogens is 1. The molecule has 208 valence electrons. The molecule has 6 nitrogen and oxygen atoms in total. The number of amides is 2. The quantitative estimate of drug-likeness (QED) is 0.198. The number of rotatable bonds is 8. The van der Waals surface area contributed by atoms with Crippen molar-refractivity contribution in [1.29, 1.82) is 0 Å². The van der Waals surface area contributed by atoms with E-state index in [0.29, 0.717) is 45.5 Å². The molecule has 0 atom stereocenters. The molecule has 1 heterocycles. The number of benzene rings is 4. The third-order valence-corrected chi connectivity index (χ3v) is 6.99. The van der Waals surface area contributed by atoms with Crippen molar-refractivity contribution < 1.29 is 23.5 Å². The minimum Gasteiger partial charge on any atom is -0.455 e. The van der Waals surface area contributed by atoms with Gasteiger partial charge in [0.1, 0.15) is 17.2 Å². The zero-order valence-electron chi connectivity index (χ0n) is 23.1. The second-order valence-electron chi connectivity index (χ2n) is 10.3. The van der Waals surface area contributed by atoms with Crippen molar-refractivity contribution in [1.82, 2.24) is 10.6 Å². The van der Waals surface area contributed by atoms with Crippen molar-refractivity contribution in [2.45, 2.75) is 20.5 Å². The SMILES string of the molecule is CNC(=O)c1c(-c2ccc(F)cc2)oc2ccc(-c3ccc(-c4ccccc4CO)c(C(=O)NCC(C)C)c3)cc12. The van der Waals surface area contributed by atoms with Gasteiger partial charge in [-0.15, -0.1) is 0 Å². The number of hydrogen-bond donors (Lipinski definition) is 3. The van der Waals surface area contributed by atoms with Crippen LogP contribution in [0.25, 0.3) is 44.5 Å². The predicted molar refractivity (Wildman–Crippen MR) is 159 cm³/mol. The lowest BCUT2D eigenvalue weighted by molar-refractivity contribution is 0.0946. The van der Waals surface area contributed by atoms with Crippen molar-refractivity contribution >= 4 is 22.8 Å². The van der Waals surface area contributed by atoms with Crippen LogP contribution in [0.4, 0.5) is 4.39 Å². The van der Waals surface area contributed by atoms with Crippen LogP contribution in [0.5, 0.6) is 0 Å². The molecule has 5 aromatic rings. The second-order valence-corrected chi connectivity index (χ2v) is 10.3. The molecule has 0 saturated heterocycles. The van der Waals surface area contributed by atoms with Crippen LogP contribution >= 0.6 is 0 Å². The maximum absolute atomic E-state index is 13.6. The Morgan fingerprint density at radius 2 is 1.54 bits per heavy atom. The molecule has 0 bridgehead atoms. The summed E-state index contributed by atoms with van der Waals surface area (Å²) in [5.41, 5.74) is 5.71. The largest absolute Gasteiger partial charge is 0.455 e. The molecule has 0 radical (unpaired) electrons. The number of aliphatic hydroxyl groups is 1. The predicted octanol–water partition coefficient (Wildman–Crippen LogP) is 6.81. The topological polar surface area (TPSA) is 91.6 Å². The van der Waals surface area contributed by atoms with Gasteiger partial charge in [-0.2, -0.15) is 0 Å². The molecule has 5 rings (SSSR count). The summed E-state index contributed by atoms with van der Waals surface area (Å²) in [7, 11) is 1.55. The van der Waals surface area contributed by atoms with Gasteiger partial charge in [-0.1, -0.05) is 56.3 Å². The van der Waals surface area contributed by atoms with Gasteiger partial charge in [0.2, 0.25) is 0 Å². The average molecular weight is 551 g/mol. The second kappa shape index (κ2) is 11.8. The van der Waals surface area contributed by atoms with Crippen LogP contribution in [0, 0.1) is 11.7 Å². The van der Waals surface area contributed by atoms with E-state index >= 15 is 0 Å². The zero-order chi connectivity index (χ0) is 29.1. The Bertz CT molecular complexity index is 1740. The van der Waals surface area contributed by atoms with Crippen LogP contribution in [-0.2, 0) is 6.61 Å². The van der Waals surface area contributed by atoms with E-state index in [1.807, 2.05) is 68.4 Å². The molecule has 4 aromatic carbocycles. The lowest BCUT2D eigenvalue weighted by Gasteiger charge is -2.16. The number of nitrogens with one attached hydrogen (secondary N) is 2. The highest BCUT2D eigenvalue weighted by Gasteiger charge is 2.23. The summed E-state index contributed by atoms with van der Waals surface area (Å²) in [5, 5.41) is 16.2. The highest BCUT2D eigenvalue weighted by molar-refractivity contribution is 6.12. The number of hydrogen-bond acceptors (Lipinski definition) is 4. The summed E-state index contributed by atoms with van der Waals surface area (Å²) in [6, 6.07) is 24.4. The molecular weight excluding hydrogens is 519 g/mol. The van der Waals surface area contributed by atoms with Crippen LogP contribution in [0.1, 0.15) is 40.1 Å². The van der Waals surface area contributed by atoms with E-state index in [0.717, 1.165) is 22.3 Å². The van der Waals surface area contributed by atoms with Crippen molar-refractivity contribution in [2.75, 3.05) is 13.6 Å². The van der Waals surface area contributed by atoms with Gasteiger partial charge in [-0.05, 0) is 76.2 Å². The molecule has 0 saturated carbocycles. The number of carbonyl (C=O) groups excluding carboxylic acids is 2. The van der Waals surface area contributed by atoms with Gasteiger partial charge in [-0.3, -0.25) is 9.59 Å². The molecule has 0 aliphatic rings. The van der Waals surface area contributed by atoms with Crippen molar-refractivity contribution in [2.24, 2.45) is 5.92 Å². The van der Waals surface area contributed by atoms with Crippen LogP contribution in [-0.4, -0.2) is 30.5 Å². The Balaban J connectivity index is 1.66. The van der Waals surface area contributed by atoms with Gasteiger partial charge in [0, 0.05) is 30.1 Å². The maximum atomic E-state index is 13.6. The van der Waals surface area contributed by atoms with Gasteiger partial charge >= 0.3 is 0 Å². The number of furan rings is 1. The normalized spacial score (nSPS) is 11.2. The van der Waals surface area contributed by atoms with Gasteiger partial charge in [0.15, 0.2) is 0 Å². The first-order valence-electron chi connectivity index (χ1n) is 13.5. The zero-order valence-corrected chi connectivity index (χ0v) is 23.1. The van der Waals surface area contributed by atoms with Gasteiger partial charge in [0.25, 0.3) is 11.8 Å². The molecule has 41 heavy (non-hydrogen) atoms. The average Bonchev–Trinajstić information content (AvgIpc) is 3.38. The summed E-state index contributed by atoms with van der Waals surface area (Å²) in [4.78, 5) is 26.4. The summed E-state index contributed by atoms with van der Waals surface area (Å²) in [6.45, 7) is 4.43. The third kappa shape index (κ3) is 5.62. The summed E-state index contributed by atoms with van der Waals surface area (Å²) in [5.74, 6) is -0.298. The van der Waals surface area contributed by atoms with E-state index in [4.69, 9.17) is 4.42 Å². The molecule has 0 aliphatic carbocycles. The first-order valence-corrected chi connectivity index (χ1v) is 13.5. The highest BCUT2D eigenvalue weighted by Crippen LogP contribution is 2.37. The number of fused-ring (bicyclic) bond motifs is 1. The minimum absolute atomic E-state index is 0.152. The van der Waals surface area contributed by atoms with Crippen LogP contribution in [0.2, 0.25) is 0 Å². The molecule has 3 N–H and O–H groups in total. The van der Waals surface area contributed by atoms with E-state index in [9.17, 15) is 19.1 Å². The summed E-state index contributed by atoms with van der Waals surface area (Å²) in [6.07, 6.45) is 0. The Kier molecular flexibility index (Phi) is 7.99. The smallest absolute Gasteiger partial charge is 0.255 e. The Morgan fingerprint density at radius 1 is 0.854 bits per heavy atom. The molecule has 7 heteroatoms. The molecule has 1 aromatic heterocycles. The lowest BCUT2D eigenvalue weighted by atomic mass is 9.91. The first kappa shape index (κ1) is 27.8. The van der Waals surface area contributed by atoms with Crippen LogP contribution in [0.3, 0.4) is 0 Å². The van der Waals surface area contributed by atoms with Crippen molar-refractivity contribution in [3.63, 3.8) is 0 Å². The molecule has 0 spiro atoms. The van der Waals surface area contributed by atoms with E-state index in [1.54, 1.807) is 25.2 Å². The summed E-state index contributed by atoms with van der Waals surface area (Å²) < 4.78 is 19.7. The monoisotopic (exact) mass is 550 g/mol. The maximum Gasteiger partial charge on any atom is 0.255 e. The molecule has 0 fully saturated rings.